The molecule has 0 saturated carbocycles. The Kier molecular flexibility index (Phi) is 12.5. The van der Waals surface area contributed by atoms with Crippen molar-refractivity contribution in [2.24, 2.45) is 0 Å². The molecule has 0 aliphatic rings. The fourth-order valence-electron chi connectivity index (χ4n) is 0. The molecular weight excluding hydrogens is 112 g/mol. The summed E-state index contributed by atoms with van der Waals surface area (Å²) in [5.41, 5.74) is 0. The number of aliphatic hydroxyl groups is 2. The van der Waals surface area contributed by atoms with Crippen LogP contribution in [-0.4, -0.2) is 29.4 Å². The van der Waals surface area contributed by atoms with E-state index in [9.17, 15) is 0 Å². The van der Waals surface area contributed by atoms with Crippen LogP contribution in [0.3, 0.4) is 0 Å². The highest BCUT2D eigenvalue weighted by Gasteiger charge is 1.58. The maximum Gasteiger partial charge on any atom is 0.0662 e. The molecule has 0 radical (unpaired) electrons. The smallest absolute Gasteiger partial charge is 0.0662 e. The van der Waals surface area contributed by atoms with Gasteiger partial charge in [-0.25, -0.2) is 0 Å². The van der Waals surface area contributed by atoms with Crippen LogP contribution < -0.4 is 5.11 Å². The number of hydrogen-bond acceptors (Lipinski definition) is 4. The molecule has 4 heteroatoms. The first-order valence-corrected chi connectivity index (χ1v) is 2.04. The van der Waals surface area contributed by atoms with Gasteiger partial charge in [0.2, 0.25) is 0 Å². The van der Waals surface area contributed by atoms with E-state index < -0.39 is 5.97 Å². The summed E-state index contributed by atoms with van der Waals surface area (Å²) >= 11 is 0. The van der Waals surface area contributed by atoms with E-state index in [0.29, 0.717) is 0 Å². The van der Waals surface area contributed by atoms with E-state index in [2.05, 4.69) is 0 Å². The average Bonchev–Trinajstić information content (AvgIpc) is 1.65. The third-order valence-electron chi connectivity index (χ3n) is 0.1000. The van der Waals surface area contributed by atoms with Gasteiger partial charge >= 0.3 is 0 Å². The maximum absolute atomic E-state index is 8.89. The van der Waals surface area contributed by atoms with Crippen LogP contribution in [0.15, 0.2) is 0 Å². The molecule has 0 aromatic heterocycles. The molecule has 50 valence electrons. The van der Waals surface area contributed by atoms with Gasteiger partial charge in [0.25, 0.3) is 0 Å². The van der Waals surface area contributed by atoms with Gasteiger partial charge in [-0.1, -0.05) is 0 Å². The summed E-state index contributed by atoms with van der Waals surface area (Å²) in [5.74, 6) is -1.08. The predicted octanol–water partition coefficient (Wildman–Crippen LogP) is -2.27. The zero-order chi connectivity index (χ0) is 6.99. The minimum Gasteiger partial charge on any atom is -0.550 e. The molecule has 2 N–H and O–H groups in total. The fourth-order valence-corrected chi connectivity index (χ4v) is 0. The fraction of sp³-hybridized carbons (Fsp3) is 0.750. The normalized spacial score (nSPS) is 6.88. The third kappa shape index (κ3) is 683. The summed E-state index contributed by atoms with van der Waals surface area (Å²) in [6.07, 6.45) is 0. The van der Waals surface area contributed by atoms with E-state index in [0.717, 1.165) is 6.92 Å². The van der Waals surface area contributed by atoms with Crippen LogP contribution in [0.25, 0.3) is 0 Å². The molecule has 8 heavy (non-hydrogen) atoms. The van der Waals surface area contributed by atoms with Crippen LogP contribution in [0.2, 0.25) is 0 Å². The Morgan fingerprint density at radius 2 is 1.62 bits per heavy atom. The number of hydrogen-bond donors (Lipinski definition) is 2. The van der Waals surface area contributed by atoms with Crippen LogP contribution >= 0.6 is 0 Å². The van der Waals surface area contributed by atoms with Crippen molar-refractivity contribution in [3.05, 3.63) is 0 Å². The molecular formula is C4H9O4-. The lowest BCUT2D eigenvalue weighted by molar-refractivity contribution is -0.302. The summed E-state index contributed by atoms with van der Waals surface area (Å²) in [6.45, 7) is 0.722. The molecule has 0 amide bonds. The zero-order valence-electron chi connectivity index (χ0n) is 4.63. The van der Waals surface area contributed by atoms with E-state index in [1.54, 1.807) is 0 Å². The largest absolute Gasteiger partial charge is 0.550 e. The molecule has 0 unspecified atom stereocenters. The molecule has 4 nitrogen and oxygen atoms in total. The van der Waals surface area contributed by atoms with E-state index >= 15 is 0 Å². The van der Waals surface area contributed by atoms with Gasteiger partial charge in [0, 0.05) is 5.97 Å². The van der Waals surface area contributed by atoms with Crippen molar-refractivity contribution < 1.29 is 20.1 Å². The van der Waals surface area contributed by atoms with Crippen LogP contribution in [0, 0.1) is 0 Å². The number of aliphatic hydroxyl groups excluding tert-OH is 2. The topological polar surface area (TPSA) is 80.6 Å². The van der Waals surface area contributed by atoms with Crippen molar-refractivity contribution in [1.29, 1.82) is 0 Å². The van der Waals surface area contributed by atoms with E-state index in [4.69, 9.17) is 20.1 Å². The number of aliphatic carboxylic acids is 1. The highest BCUT2D eigenvalue weighted by Crippen LogP contribution is 1.39. The number of rotatable bonds is 1. The van der Waals surface area contributed by atoms with Gasteiger partial charge in [0.1, 0.15) is 0 Å². The second-order valence-corrected chi connectivity index (χ2v) is 0.939. The molecule has 0 atom stereocenters. The average molecular weight is 121 g/mol. The Hall–Kier alpha value is -0.610. The van der Waals surface area contributed by atoms with Crippen LogP contribution in [-0.2, 0) is 4.79 Å². The first kappa shape index (κ1) is 10.4. The second-order valence-electron chi connectivity index (χ2n) is 0.939. The molecule has 0 rings (SSSR count). The summed E-state index contributed by atoms with van der Waals surface area (Å²) in [5, 5.41) is 24.1. The van der Waals surface area contributed by atoms with E-state index in [-0.39, 0.29) is 13.2 Å². The lowest BCUT2D eigenvalue weighted by Gasteiger charge is -1.77. The molecule has 0 spiro atoms. The molecule has 0 fully saturated rings. The molecule has 0 aromatic rings. The molecule has 0 aliphatic carbocycles. The van der Waals surface area contributed by atoms with Crippen LogP contribution in [0.5, 0.6) is 0 Å². The summed E-state index contributed by atoms with van der Waals surface area (Å²) in [7, 11) is 0. The number of carbonyl (C=O) groups is 1. The minimum absolute atomic E-state index is 0.125. The Labute approximate surface area is 47.4 Å². The first-order valence-electron chi connectivity index (χ1n) is 2.04. The Morgan fingerprint density at radius 3 is 1.62 bits per heavy atom. The van der Waals surface area contributed by atoms with Crippen molar-refractivity contribution in [3.63, 3.8) is 0 Å². The van der Waals surface area contributed by atoms with E-state index in [1.165, 1.54) is 0 Å². The van der Waals surface area contributed by atoms with Gasteiger partial charge in [-0.2, -0.15) is 0 Å². The number of carbonyl (C=O) groups excluding carboxylic acids is 1. The number of carboxylic acid groups (broad SMARTS) is 1. The predicted molar refractivity (Wildman–Crippen MR) is 24.9 cm³/mol. The van der Waals surface area contributed by atoms with Crippen LogP contribution in [0.1, 0.15) is 6.92 Å². The van der Waals surface area contributed by atoms with E-state index in [1.807, 2.05) is 0 Å². The lowest BCUT2D eigenvalue weighted by Crippen LogP contribution is -2.16. The monoisotopic (exact) mass is 121 g/mol. The molecule has 0 aliphatic heterocycles. The van der Waals surface area contributed by atoms with Gasteiger partial charge in [-0.15, -0.1) is 0 Å². The minimum atomic E-state index is -1.08. The Morgan fingerprint density at radius 1 is 1.50 bits per heavy atom. The molecule has 0 heterocycles. The summed E-state index contributed by atoms with van der Waals surface area (Å²) in [6, 6.07) is 0. The highest BCUT2D eigenvalue weighted by atomic mass is 16.4. The lowest BCUT2D eigenvalue weighted by atomic mass is 10.8. The molecule has 0 aromatic carbocycles. The van der Waals surface area contributed by atoms with Crippen molar-refractivity contribution in [3.8, 4) is 0 Å². The van der Waals surface area contributed by atoms with Gasteiger partial charge in [0.15, 0.2) is 0 Å². The standard InChI is InChI=1S/C2H4O2.C2H6O2/c1-2(3)4;3-1-2-4/h1H3,(H,3,4);3-4H,1-2H2/p-1. The van der Waals surface area contributed by atoms with Gasteiger partial charge in [-0.05, 0) is 6.92 Å². The van der Waals surface area contributed by atoms with Gasteiger partial charge in [-0.3, -0.25) is 0 Å². The van der Waals surface area contributed by atoms with Gasteiger partial charge < -0.3 is 20.1 Å². The highest BCUT2D eigenvalue weighted by molar-refractivity contribution is 5.60. The first-order chi connectivity index (χ1) is 3.65. The Bertz CT molecular complexity index is 46.0. The van der Waals surface area contributed by atoms with Crippen molar-refractivity contribution in [2.45, 2.75) is 6.92 Å². The maximum atomic E-state index is 8.89. The summed E-state index contributed by atoms with van der Waals surface area (Å²) in [4.78, 5) is 8.89. The number of carboxylic acids is 1. The van der Waals surface area contributed by atoms with Crippen molar-refractivity contribution >= 4 is 5.97 Å². The SMILES string of the molecule is CC(=O)[O-].OCCO. The zero-order valence-corrected chi connectivity index (χ0v) is 4.63. The van der Waals surface area contributed by atoms with Gasteiger partial charge in [0.05, 0.1) is 13.2 Å². The van der Waals surface area contributed by atoms with Crippen LogP contribution in [0.4, 0.5) is 0 Å². The Balaban J connectivity index is 0. The van der Waals surface area contributed by atoms with Crippen molar-refractivity contribution in [1.82, 2.24) is 0 Å². The second kappa shape index (κ2) is 9.63. The third-order valence-corrected chi connectivity index (χ3v) is 0.1000. The quantitative estimate of drug-likeness (QED) is 0.410. The summed E-state index contributed by atoms with van der Waals surface area (Å²) < 4.78 is 0. The molecule has 0 bridgehead atoms. The molecule has 0 saturated heterocycles. The van der Waals surface area contributed by atoms with Crippen molar-refractivity contribution in [2.75, 3.05) is 13.2 Å².